The van der Waals surface area contributed by atoms with Crippen LogP contribution in [0.15, 0.2) is 61.1 Å². The van der Waals surface area contributed by atoms with E-state index in [1.165, 1.54) is 48.1 Å². The van der Waals surface area contributed by atoms with Crippen LogP contribution in [0.5, 0.6) is 0 Å². The first-order valence-corrected chi connectivity index (χ1v) is 12.7. The van der Waals surface area contributed by atoms with Crippen LogP contribution >= 0.6 is 0 Å². The van der Waals surface area contributed by atoms with Gasteiger partial charge >= 0.3 is 0 Å². The second kappa shape index (κ2) is 10.9. The zero-order valence-electron chi connectivity index (χ0n) is 21.2. The third-order valence-corrected chi connectivity index (χ3v) is 7.15. The molecule has 4 heteroatoms. The van der Waals surface area contributed by atoms with Gasteiger partial charge in [-0.1, -0.05) is 57.7 Å². The Morgan fingerprint density at radius 2 is 1.91 bits per heavy atom. The van der Waals surface area contributed by atoms with Gasteiger partial charge in [0, 0.05) is 29.5 Å². The molecule has 1 fully saturated rings. The molecule has 3 aromatic rings. The lowest BCUT2D eigenvalue weighted by molar-refractivity contribution is 0.547. The largest absolute Gasteiger partial charge is 0.345 e. The van der Waals surface area contributed by atoms with Gasteiger partial charge in [0.05, 0.1) is 5.52 Å². The molecule has 1 aromatic heterocycles. The summed E-state index contributed by atoms with van der Waals surface area (Å²) in [5, 5.41) is 4.57. The van der Waals surface area contributed by atoms with E-state index in [4.69, 9.17) is 0 Å². The Kier molecular flexibility index (Phi) is 7.66. The fourth-order valence-electron chi connectivity index (χ4n) is 4.84. The predicted molar refractivity (Wildman–Crippen MR) is 146 cm³/mol. The number of nitrogens with one attached hydrogen (secondary N) is 1. The molecule has 1 saturated carbocycles. The van der Waals surface area contributed by atoms with Gasteiger partial charge in [-0.3, -0.25) is 0 Å². The Balaban J connectivity index is 1.75. The molecule has 0 atom stereocenters. The van der Waals surface area contributed by atoms with Crippen molar-refractivity contribution in [3.63, 3.8) is 0 Å². The van der Waals surface area contributed by atoms with Crippen molar-refractivity contribution >= 4 is 28.1 Å². The monoisotopic (exact) mass is 454 g/mol. The summed E-state index contributed by atoms with van der Waals surface area (Å²) in [5.41, 5.74) is 8.12. The van der Waals surface area contributed by atoms with Gasteiger partial charge in [0.25, 0.3) is 0 Å². The first-order valence-electron chi connectivity index (χ1n) is 12.7. The van der Waals surface area contributed by atoms with Gasteiger partial charge in [0.2, 0.25) is 0 Å². The molecule has 0 aliphatic heterocycles. The second-order valence-electron chi connectivity index (χ2n) is 9.74. The van der Waals surface area contributed by atoms with E-state index >= 15 is 0 Å². The quantitative estimate of drug-likeness (QED) is 0.332. The lowest BCUT2D eigenvalue weighted by Crippen LogP contribution is -2.17. The Hall–Kier alpha value is -3.14. The molecule has 0 amide bonds. The molecule has 1 heterocycles. The number of allylic oxidation sites excluding steroid dienone is 2. The van der Waals surface area contributed by atoms with Gasteiger partial charge in [-0.25, -0.2) is 9.97 Å². The van der Waals surface area contributed by atoms with Crippen LogP contribution in [0.3, 0.4) is 0 Å². The van der Waals surface area contributed by atoms with Gasteiger partial charge in [-0.2, -0.15) is 0 Å². The summed E-state index contributed by atoms with van der Waals surface area (Å²) < 4.78 is 0. The Morgan fingerprint density at radius 3 is 2.65 bits per heavy atom. The molecule has 0 unspecified atom stereocenters. The molecular formula is C30H38N4. The lowest BCUT2D eigenvalue weighted by Gasteiger charge is -2.25. The summed E-state index contributed by atoms with van der Waals surface area (Å²) in [6.07, 6.45) is 14.7. The fraction of sp³-hybridized carbons (Fsp3) is 0.400. The average Bonchev–Trinajstić information content (AvgIpc) is 3.34. The summed E-state index contributed by atoms with van der Waals surface area (Å²) in [7, 11) is 2.12. The number of nitrogens with zero attached hydrogens (tertiary/aromatic N) is 3. The van der Waals surface area contributed by atoms with Crippen molar-refractivity contribution in [3.8, 4) is 0 Å². The highest BCUT2D eigenvalue weighted by Gasteiger charge is 2.20. The fourth-order valence-corrected chi connectivity index (χ4v) is 4.84. The van der Waals surface area contributed by atoms with Crippen LogP contribution in [-0.4, -0.2) is 17.0 Å². The van der Waals surface area contributed by atoms with E-state index in [9.17, 15) is 0 Å². The Labute approximate surface area is 204 Å². The molecular weight excluding hydrogens is 416 g/mol. The highest BCUT2D eigenvalue weighted by Crippen LogP contribution is 2.36. The normalized spacial score (nSPS) is 14.2. The maximum atomic E-state index is 4.65. The van der Waals surface area contributed by atoms with Crippen molar-refractivity contribution in [1.82, 2.24) is 9.97 Å². The van der Waals surface area contributed by atoms with Gasteiger partial charge in [0.1, 0.15) is 12.1 Å². The minimum Gasteiger partial charge on any atom is -0.345 e. The summed E-state index contributed by atoms with van der Waals surface area (Å²) >= 11 is 0. The molecule has 2 aromatic carbocycles. The van der Waals surface area contributed by atoms with Crippen LogP contribution in [0.1, 0.15) is 62.1 Å². The van der Waals surface area contributed by atoms with E-state index in [-0.39, 0.29) is 0 Å². The number of hydrogen-bond acceptors (Lipinski definition) is 4. The van der Waals surface area contributed by atoms with Crippen molar-refractivity contribution < 1.29 is 0 Å². The summed E-state index contributed by atoms with van der Waals surface area (Å²) in [4.78, 5) is 11.5. The molecule has 4 nitrogen and oxygen atoms in total. The van der Waals surface area contributed by atoms with E-state index in [0.717, 1.165) is 53.3 Å². The van der Waals surface area contributed by atoms with Crippen molar-refractivity contribution in [2.24, 2.45) is 5.92 Å². The zero-order chi connectivity index (χ0) is 24.1. The summed E-state index contributed by atoms with van der Waals surface area (Å²) in [6, 6.07) is 11.0. The first-order chi connectivity index (χ1) is 16.5. The molecule has 0 bridgehead atoms. The topological polar surface area (TPSA) is 41.0 Å². The van der Waals surface area contributed by atoms with E-state index in [1.54, 1.807) is 6.33 Å². The van der Waals surface area contributed by atoms with Gasteiger partial charge < -0.3 is 10.2 Å². The zero-order valence-corrected chi connectivity index (χ0v) is 21.2. The van der Waals surface area contributed by atoms with E-state index in [2.05, 4.69) is 97.1 Å². The number of unbranched alkanes of at least 4 members (excludes halogenated alkanes) is 1. The number of anilines is 3. The maximum Gasteiger partial charge on any atom is 0.141 e. The molecule has 34 heavy (non-hydrogen) atoms. The van der Waals surface area contributed by atoms with Crippen LogP contribution in [0.2, 0.25) is 0 Å². The van der Waals surface area contributed by atoms with Gasteiger partial charge in [-0.15, -0.1) is 0 Å². The summed E-state index contributed by atoms with van der Waals surface area (Å²) in [6.45, 7) is 10.8. The molecule has 4 rings (SSSR count). The smallest absolute Gasteiger partial charge is 0.141 e. The number of hydrogen-bond donors (Lipinski definition) is 1. The highest BCUT2D eigenvalue weighted by atomic mass is 15.1. The Morgan fingerprint density at radius 1 is 1.12 bits per heavy atom. The maximum absolute atomic E-state index is 4.65. The first kappa shape index (κ1) is 24.0. The second-order valence-corrected chi connectivity index (χ2v) is 9.74. The third-order valence-electron chi connectivity index (χ3n) is 7.15. The minimum atomic E-state index is 0.753. The predicted octanol–water partition coefficient (Wildman–Crippen LogP) is 8.03. The minimum absolute atomic E-state index is 0.753. The SMILES string of the molecule is C=C(/C=C/CCC)N(C)c1cc2c(Nc3ccc(C)c(C)c3)ncnc2cc1CC1CCCC1. The molecule has 178 valence electrons. The van der Waals surface area contributed by atoms with Crippen LogP contribution in [-0.2, 0) is 6.42 Å². The van der Waals surface area contributed by atoms with E-state index in [0.29, 0.717) is 0 Å². The van der Waals surface area contributed by atoms with Crippen LogP contribution in [0.4, 0.5) is 17.2 Å². The number of aromatic nitrogens is 2. The van der Waals surface area contributed by atoms with Crippen molar-refractivity contribution in [2.75, 3.05) is 17.3 Å². The molecule has 1 N–H and O–H groups in total. The highest BCUT2D eigenvalue weighted by molar-refractivity contribution is 5.94. The number of benzene rings is 2. The number of aryl methyl sites for hydroxylation is 2. The average molecular weight is 455 g/mol. The van der Waals surface area contributed by atoms with E-state index < -0.39 is 0 Å². The molecule has 0 radical (unpaired) electrons. The van der Waals surface area contributed by atoms with Crippen molar-refractivity contribution in [1.29, 1.82) is 0 Å². The van der Waals surface area contributed by atoms with Crippen molar-refractivity contribution in [2.45, 2.75) is 65.7 Å². The molecule has 0 saturated heterocycles. The van der Waals surface area contributed by atoms with Gasteiger partial charge in [0.15, 0.2) is 0 Å². The number of fused-ring (bicyclic) bond motifs is 1. The molecule has 1 aliphatic carbocycles. The number of rotatable bonds is 9. The standard InChI is InChI=1S/C30H38N4/c1-6-7-8-11-23(4)34(5)29-19-27-28(18-25(29)17-24-12-9-10-13-24)31-20-32-30(27)33-26-15-14-21(2)22(3)16-26/h8,11,14-16,18-20,24H,4,6-7,9-10,12-13,17H2,1-3,5H3,(H,31,32,33)/b11-8+. The molecule has 0 spiro atoms. The van der Waals surface area contributed by atoms with Crippen molar-refractivity contribution in [3.05, 3.63) is 77.8 Å². The molecule has 1 aliphatic rings. The Bertz CT molecular complexity index is 1190. The summed E-state index contributed by atoms with van der Waals surface area (Å²) in [5.74, 6) is 1.59. The van der Waals surface area contributed by atoms with Crippen LogP contribution in [0.25, 0.3) is 10.9 Å². The lowest BCUT2D eigenvalue weighted by atomic mass is 9.95. The number of likely N-dealkylation sites (N-methyl/N-ethyl adjacent to an activating group) is 1. The van der Waals surface area contributed by atoms with E-state index in [1.807, 2.05) is 0 Å². The van der Waals surface area contributed by atoms with Crippen LogP contribution < -0.4 is 10.2 Å². The van der Waals surface area contributed by atoms with Gasteiger partial charge in [-0.05, 0) is 79.6 Å². The van der Waals surface area contributed by atoms with Crippen LogP contribution in [0, 0.1) is 19.8 Å². The third kappa shape index (κ3) is 5.49.